The number of nitrogens with two attached hydrogens (primary N) is 1. The zero-order valence-corrected chi connectivity index (χ0v) is 11.4. The third kappa shape index (κ3) is 1.73. The van der Waals surface area contributed by atoms with E-state index < -0.39 is 0 Å². The summed E-state index contributed by atoms with van der Waals surface area (Å²) in [5.41, 5.74) is 8.20. The predicted octanol–water partition coefficient (Wildman–Crippen LogP) is 2.22. The smallest absolute Gasteiger partial charge is 0.161 e. The van der Waals surface area contributed by atoms with Crippen molar-refractivity contribution in [1.82, 2.24) is 9.78 Å². The summed E-state index contributed by atoms with van der Waals surface area (Å²) in [5, 5.41) is 4.18. The Labute approximate surface area is 117 Å². The molecule has 0 radical (unpaired) electrons. The molecule has 2 heterocycles. The van der Waals surface area contributed by atoms with Crippen LogP contribution < -0.4 is 15.2 Å². The van der Waals surface area contributed by atoms with E-state index in [-0.39, 0.29) is 5.41 Å². The van der Waals surface area contributed by atoms with Crippen LogP contribution in [0.3, 0.4) is 0 Å². The molecule has 1 aliphatic carbocycles. The molecule has 1 aromatic heterocycles. The second-order valence-corrected chi connectivity index (χ2v) is 5.81. The minimum atomic E-state index is 0.256. The number of ether oxygens (including phenoxy) is 2. The first-order valence-corrected chi connectivity index (χ1v) is 6.84. The van der Waals surface area contributed by atoms with Gasteiger partial charge >= 0.3 is 0 Å². The van der Waals surface area contributed by atoms with Crippen molar-refractivity contribution < 1.29 is 9.47 Å². The van der Waals surface area contributed by atoms with E-state index in [0.717, 1.165) is 35.8 Å². The monoisotopic (exact) mass is 271 g/mol. The topological polar surface area (TPSA) is 62.3 Å². The van der Waals surface area contributed by atoms with Gasteiger partial charge in [-0.3, -0.25) is 4.68 Å². The Balaban J connectivity index is 1.71. The van der Waals surface area contributed by atoms with E-state index in [1.807, 2.05) is 25.2 Å². The van der Waals surface area contributed by atoms with Crippen LogP contribution >= 0.6 is 0 Å². The van der Waals surface area contributed by atoms with E-state index in [9.17, 15) is 0 Å². The van der Waals surface area contributed by atoms with Crippen LogP contribution in [0.2, 0.25) is 0 Å². The van der Waals surface area contributed by atoms with Crippen LogP contribution in [0.1, 0.15) is 12.8 Å². The molecule has 1 aromatic carbocycles. The molecule has 1 spiro atoms. The van der Waals surface area contributed by atoms with Crippen molar-refractivity contribution in [2.45, 2.75) is 12.8 Å². The molecule has 0 bridgehead atoms. The summed E-state index contributed by atoms with van der Waals surface area (Å²) < 4.78 is 13.5. The van der Waals surface area contributed by atoms with Crippen molar-refractivity contribution in [3.8, 4) is 22.6 Å². The molecule has 2 aromatic rings. The number of nitrogens with zero attached hydrogens (tertiary/aromatic N) is 2. The molecule has 1 aliphatic heterocycles. The van der Waals surface area contributed by atoms with Crippen molar-refractivity contribution in [1.29, 1.82) is 0 Å². The first-order chi connectivity index (χ1) is 9.67. The number of rotatable bonds is 1. The lowest BCUT2D eigenvalue weighted by Crippen LogP contribution is -2.17. The van der Waals surface area contributed by atoms with E-state index >= 15 is 0 Å². The molecule has 5 nitrogen and oxygen atoms in total. The lowest BCUT2D eigenvalue weighted by Gasteiger charge is -2.09. The maximum Gasteiger partial charge on any atom is 0.161 e. The van der Waals surface area contributed by atoms with Crippen molar-refractivity contribution in [2.24, 2.45) is 12.5 Å². The molecule has 0 saturated heterocycles. The van der Waals surface area contributed by atoms with E-state index in [1.54, 1.807) is 10.9 Å². The fraction of sp³-hybridized carbons (Fsp3) is 0.400. The van der Waals surface area contributed by atoms with Crippen molar-refractivity contribution in [3.05, 3.63) is 24.4 Å². The van der Waals surface area contributed by atoms with Crippen LogP contribution in [0.25, 0.3) is 11.1 Å². The van der Waals surface area contributed by atoms with Crippen LogP contribution in [0.15, 0.2) is 24.4 Å². The van der Waals surface area contributed by atoms with Crippen LogP contribution in [-0.4, -0.2) is 23.0 Å². The first kappa shape index (κ1) is 11.6. The van der Waals surface area contributed by atoms with Gasteiger partial charge in [0.1, 0.15) is 5.82 Å². The summed E-state index contributed by atoms with van der Waals surface area (Å²) in [4.78, 5) is 0. The summed E-state index contributed by atoms with van der Waals surface area (Å²) >= 11 is 0. The highest BCUT2D eigenvalue weighted by atomic mass is 16.5. The van der Waals surface area contributed by atoms with Gasteiger partial charge in [-0.25, -0.2) is 0 Å². The van der Waals surface area contributed by atoms with Crippen molar-refractivity contribution in [2.75, 3.05) is 18.9 Å². The Hall–Kier alpha value is -2.17. The van der Waals surface area contributed by atoms with Gasteiger partial charge in [-0.05, 0) is 30.5 Å². The van der Waals surface area contributed by atoms with Crippen LogP contribution in [0, 0.1) is 5.41 Å². The highest BCUT2D eigenvalue weighted by Gasteiger charge is 2.46. The normalized spacial score (nSPS) is 18.9. The average Bonchev–Trinajstić information content (AvgIpc) is 3.20. The Morgan fingerprint density at radius 3 is 2.60 bits per heavy atom. The molecule has 5 heteroatoms. The molecular weight excluding hydrogens is 254 g/mol. The van der Waals surface area contributed by atoms with E-state index in [1.165, 1.54) is 12.8 Å². The molecule has 2 N–H and O–H groups in total. The summed E-state index contributed by atoms with van der Waals surface area (Å²) in [6.07, 6.45) is 4.17. The second-order valence-electron chi connectivity index (χ2n) is 5.81. The Morgan fingerprint density at radius 2 is 1.95 bits per heavy atom. The van der Waals surface area contributed by atoms with Gasteiger partial charge in [0.25, 0.3) is 0 Å². The summed E-state index contributed by atoms with van der Waals surface area (Å²) in [6, 6.07) is 5.95. The molecule has 1 saturated carbocycles. The second kappa shape index (κ2) is 3.91. The van der Waals surface area contributed by atoms with E-state index in [0.29, 0.717) is 5.82 Å². The van der Waals surface area contributed by atoms with Gasteiger partial charge in [-0.1, -0.05) is 6.07 Å². The number of aromatic nitrogens is 2. The van der Waals surface area contributed by atoms with Gasteiger partial charge < -0.3 is 15.2 Å². The minimum absolute atomic E-state index is 0.256. The summed E-state index contributed by atoms with van der Waals surface area (Å²) in [5.74, 6) is 2.27. The zero-order chi connectivity index (χ0) is 13.7. The summed E-state index contributed by atoms with van der Waals surface area (Å²) in [6.45, 7) is 1.50. The first-order valence-electron chi connectivity index (χ1n) is 6.84. The fourth-order valence-corrected chi connectivity index (χ4v) is 2.55. The third-order valence-corrected chi connectivity index (χ3v) is 4.26. The highest BCUT2D eigenvalue weighted by molar-refractivity contribution is 5.75. The minimum Gasteiger partial charge on any atom is -0.489 e. The van der Waals surface area contributed by atoms with E-state index in [4.69, 9.17) is 15.2 Å². The van der Waals surface area contributed by atoms with Gasteiger partial charge in [0.15, 0.2) is 11.5 Å². The molecule has 20 heavy (non-hydrogen) atoms. The molecule has 2 aliphatic rings. The lowest BCUT2D eigenvalue weighted by molar-refractivity contribution is 0.197. The molecular formula is C15H17N3O2. The van der Waals surface area contributed by atoms with Crippen molar-refractivity contribution >= 4 is 5.82 Å². The highest BCUT2D eigenvalue weighted by Crippen LogP contribution is 2.49. The number of aryl methyl sites for hydroxylation is 1. The average molecular weight is 271 g/mol. The molecule has 1 fully saturated rings. The maximum atomic E-state index is 6.02. The van der Waals surface area contributed by atoms with Gasteiger partial charge in [0, 0.05) is 18.0 Å². The quantitative estimate of drug-likeness (QED) is 0.864. The SMILES string of the molecule is Cn1ncc(-c2ccc3c(c2)OCC2(CC2)CO3)c1N. The Bertz CT molecular complexity index is 674. The Morgan fingerprint density at radius 1 is 1.20 bits per heavy atom. The van der Waals surface area contributed by atoms with Gasteiger partial charge in [0.2, 0.25) is 0 Å². The van der Waals surface area contributed by atoms with Gasteiger partial charge in [-0.2, -0.15) is 5.10 Å². The van der Waals surface area contributed by atoms with Crippen LogP contribution in [0.4, 0.5) is 5.82 Å². The molecule has 0 unspecified atom stereocenters. The predicted molar refractivity (Wildman–Crippen MR) is 75.7 cm³/mol. The summed E-state index contributed by atoms with van der Waals surface area (Å²) in [7, 11) is 1.83. The number of hydrogen-bond donors (Lipinski definition) is 1. The van der Waals surface area contributed by atoms with Crippen molar-refractivity contribution in [3.63, 3.8) is 0 Å². The molecule has 0 amide bonds. The molecule has 4 rings (SSSR count). The third-order valence-electron chi connectivity index (χ3n) is 4.26. The van der Waals surface area contributed by atoms with Crippen LogP contribution in [-0.2, 0) is 7.05 Å². The molecule has 0 atom stereocenters. The van der Waals surface area contributed by atoms with Gasteiger partial charge in [-0.15, -0.1) is 0 Å². The Kier molecular flexibility index (Phi) is 2.28. The fourth-order valence-electron chi connectivity index (χ4n) is 2.55. The molecule has 104 valence electrons. The number of benzene rings is 1. The van der Waals surface area contributed by atoms with Gasteiger partial charge in [0.05, 0.1) is 19.4 Å². The standard InChI is InChI=1S/C15H17N3O2/c1-18-14(16)11(7-17-18)10-2-3-12-13(6-10)20-9-15(4-5-15)8-19-12/h2-3,6-7H,4-5,8-9,16H2,1H3. The number of nitrogen functional groups attached to an aromatic ring is 1. The maximum absolute atomic E-state index is 6.02. The van der Waals surface area contributed by atoms with E-state index in [2.05, 4.69) is 5.10 Å². The van der Waals surface area contributed by atoms with Crippen LogP contribution in [0.5, 0.6) is 11.5 Å². The number of hydrogen-bond acceptors (Lipinski definition) is 4. The number of fused-ring (bicyclic) bond motifs is 1. The largest absolute Gasteiger partial charge is 0.489 e. The zero-order valence-electron chi connectivity index (χ0n) is 11.4. The number of anilines is 1. The lowest BCUT2D eigenvalue weighted by atomic mass is 10.1.